The number of carboxylic acid groups (broad SMARTS) is 1. The summed E-state index contributed by atoms with van der Waals surface area (Å²) in [5.74, 6) is -0.0791. The number of hydrogen-bond donors (Lipinski definition) is 2. The summed E-state index contributed by atoms with van der Waals surface area (Å²) in [4.78, 5) is 15.5. The minimum atomic E-state index is -0.934. The lowest BCUT2D eigenvalue weighted by Gasteiger charge is -2.16. The van der Waals surface area contributed by atoms with E-state index in [1.54, 1.807) is 0 Å². The maximum atomic E-state index is 12.2. The van der Waals surface area contributed by atoms with Crippen LogP contribution in [0.15, 0.2) is 66.7 Å². The fourth-order valence-electron chi connectivity index (χ4n) is 5.30. The number of carbonyl (C=O) groups is 1. The molecular formula is C32H31NO3. The van der Waals surface area contributed by atoms with E-state index in [0.29, 0.717) is 19.4 Å². The van der Waals surface area contributed by atoms with Gasteiger partial charge in [-0.05, 0) is 85.4 Å². The first-order chi connectivity index (χ1) is 17.4. The molecule has 0 aliphatic carbocycles. The lowest BCUT2D eigenvalue weighted by molar-refractivity contribution is 0.0690. The molecule has 4 aromatic carbocycles. The molecule has 1 aromatic heterocycles. The fourth-order valence-corrected chi connectivity index (χ4v) is 5.30. The first kappa shape index (κ1) is 23.7. The summed E-state index contributed by atoms with van der Waals surface area (Å²) in [5.41, 5.74) is 9.14. The Hall–Kier alpha value is -4.05. The van der Waals surface area contributed by atoms with E-state index in [9.17, 15) is 9.90 Å². The Morgan fingerprint density at radius 3 is 2.28 bits per heavy atom. The molecular weight excluding hydrogens is 446 g/mol. The molecule has 182 valence electrons. The van der Waals surface area contributed by atoms with Crippen molar-refractivity contribution in [3.05, 3.63) is 100 Å². The Morgan fingerprint density at radius 1 is 0.861 bits per heavy atom. The van der Waals surface area contributed by atoms with Gasteiger partial charge in [-0.15, -0.1) is 0 Å². The maximum absolute atomic E-state index is 12.2. The minimum absolute atomic E-state index is 0.266. The van der Waals surface area contributed by atoms with E-state index in [0.717, 1.165) is 38.6 Å². The summed E-state index contributed by atoms with van der Waals surface area (Å²) in [6.07, 6.45) is 1.32. The van der Waals surface area contributed by atoms with Crippen LogP contribution in [-0.2, 0) is 6.42 Å². The number of aryl methyl sites for hydroxylation is 3. The van der Waals surface area contributed by atoms with E-state index in [1.807, 2.05) is 36.4 Å². The zero-order chi connectivity index (χ0) is 25.4. The minimum Gasteiger partial charge on any atom is -0.493 e. The highest BCUT2D eigenvalue weighted by Crippen LogP contribution is 2.38. The second-order valence-corrected chi connectivity index (χ2v) is 9.58. The van der Waals surface area contributed by atoms with Crippen molar-refractivity contribution in [2.45, 2.75) is 40.5 Å². The number of aromatic amines is 1. The van der Waals surface area contributed by atoms with Crippen LogP contribution in [0.1, 0.15) is 44.7 Å². The summed E-state index contributed by atoms with van der Waals surface area (Å²) in [6, 6.07) is 22.6. The zero-order valence-corrected chi connectivity index (χ0v) is 21.2. The lowest BCUT2D eigenvalue weighted by Crippen LogP contribution is -2.04. The summed E-state index contributed by atoms with van der Waals surface area (Å²) >= 11 is 0. The largest absolute Gasteiger partial charge is 0.493 e. The number of H-pyrrole nitrogens is 1. The SMILES string of the molecule is Cc1cc(C)c(C)c(-c2cccc3c(CCCOc4cccc5ccccc45)c(C(=O)O)[nH]c23)c1C. The number of carboxylic acids is 1. The average Bonchev–Trinajstić information content (AvgIpc) is 3.25. The Kier molecular flexibility index (Phi) is 6.27. The van der Waals surface area contributed by atoms with Gasteiger partial charge in [-0.3, -0.25) is 0 Å². The van der Waals surface area contributed by atoms with Crippen molar-refractivity contribution in [2.24, 2.45) is 0 Å². The van der Waals surface area contributed by atoms with Crippen LogP contribution >= 0.6 is 0 Å². The molecule has 0 unspecified atom stereocenters. The fraction of sp³-hybridized carbons (Fsp3) is 0.219. The van der Waals surface area contributed by atoms with Crippen molar-refractivity contribution in [1.29, 1.82) is 0 Å². The van der Waals surface area contributed by atoms with Gasteiger partial charge in [-0.1, -0.05) is 60.7 Å². The third-order valence-electron chi connectivity index (χ3n) is 7.37. The zero-order valence-electron chi connectivity index (χ0n) is 21.2. The van der Waals surface area contributed by atoms with Gasteiger partial charge in [-0.2, -0.15) is 0 Å². The van der Waals surface area contributed by atoms with Crippen LogP contribution in [0.3, 0.4) is 0 Å². The van der Waals surface area contributed by atoms with Crippen LogP contribution in [0.25, 0.3) is 32.8 Å². The third kappa shape index (κ3) is 4.13. The highest BCUT2D eigenvalue weighted by atomic mass is 16.5. The normalized spacial score (nSPS) is 11.3. The number of aromatic nitrogens is 1. The molecule has 4 nitrogen and oxygen atoms in total. The van der Waals surface area contributed by atoms with Crippen LogP contribution < -0.4 is 4.74 Å². The molecule has 0 fully saturated rings. The summed E-state index contributed by atoms with van der Waals surface area (Å²) in [5, 5.41) is 13.2. The molecule has 0 saturated heterocycles. The summed E-state index contributed by atoms with van der Waals surface area (Å²) in [6.45, 7) is 9.05. The molecule has 5 aromatic rings. The Balaban J connectivity index is 1.47. The van der Waals surface area contributed by atoms with Gasteiger partial charge in [0.05, 0.1) is 12.1 Å². The number of nitrogens with one attached hydrogen (secondary N) is 1. The monoisotopic (exact) mass is 477 g/mol. The van der Waals surface area contributed by atoms with E-state index >= 15 is 0 Å². The first-order valence-corrected chi connectivity index (χ1v) is 12.4. The van der Waals surface area contributed by atoms with Crippen LogP contribution in [0.4, 0.5) is 0 Å². The average molecular weight is 478 g/mol. The molecule has 0 radical (unpaired) electrons. The predicted octanol–water partition coefficient (Wildman–Crippen LogP) is 7.93. The molecule has 1 heterocycles. The molecule has 0 saturated carbocycles. The second kappa shape index (κ2) is 9.54. The number of fused-ring (bicyclic) bond motifs is 2. The van der Waals surface area contributed by atoms with Gasteiger partial charge in [0.2, 0.25) is 0 Å². The molecule has 0 aliphatic rings. The van der Waals surface area contributed by atoms with Gasteiger partial charge in [0.1, 0.15) is 11.4 Å². The highest BCUT2D eigenvalue weighted by Gasteiger charge is 2.21. The summed E-state index contributed by atoms with van der Waals surface area (Å²) < 4.78 is 6.12. The lowest BCUT2D eigenvalue weighted by atomic mass is 9.88. The number of para-hydroxylation sites is 1. The Morgan fingerprint density at radius 2 is 1.53 bits per heavy atom. The van der Waals surface area contributed by atoms with Crippen LogP contribution in [-0.4, -0.2) is 22.7 Å². The van der Waals surface area contributed by atoms with Gasteiger partial charge >= 0.3 is 5.97 Å². The number of benzene rings is 4. The molecule has 4 heteroatoms. The van der Waals surface area contributed by atoms with Gasteiger partial charge in [0, 0.05) is 16.3 Å². The smallest absolute Gasteiger partial charge is 0.352 e. The first-order valence-electron chi connectivity index (χ1n) is 12.4. The van der Waals surface area contributed by atoms with Crippen molar-refractivity contribution in [1.82, 2.24) is 4.98 Å². The molecule has 0 amide bonds. The maximum Gasteiger partial charge on any atom is 0.352 e. The molecule has 36 heavy (non-hydrogen) atoms. The van der Waals surface area contributed by atoms with E-state index in [1.165, 1.54) is 27.8 Å². The van der Waals surface area contributed by atoms with Crippen LogP contribution in [0.5, 0.6) is 5.75 Å². The Labute approximate surface area is 211 Å². The quantitative estimate of drug-likeness (QED) is 0.234. The number of hydrogen-bond acceptors (Lipinski definition) is 2. The molecule has 0 aliphatic heterocycles. The topological polar surface area (TPSA) is 62.3 Å². The predicted molar refractivity (Wildman–Crippen MR) is 147 cm³/mol. The van der Waals surface area contributed by atoms with Gasteiger partial charge in [0.25, 0.3) is 0 Å². The van der Waals surface area contributed by atoms with Crippen molar-refractivity contribution in [3.63, 3.8) is 0 Å². The standard InChI is InChI=1S/C32H31NO3/c1-19-18-20(2)22(4)29(21(19)3)27-14-8-13-25-26(31(32(34)35)33-30(25)27)15-9-17-36-28-16-7-11-23-10-5-6-12-24(23)28/h5-8,10-14,16,18,33H,9,15,17H2,1-4H3,(H,34,35). The van der Waals surface area contributed by atoms with Gasteiger partial charge in [-0.25, -0.2) is 4.79 Å². The van der Waals surface area contributed by atoms with Crippen molar-refractivity contribution in [2.75, 3.05) is 6.61 Å². The second-order valence-electron chi connectivity index (χ2n) is 9.58. The van der Waals surface area contributed by atoms with Crippen molar-refractivity contribution >= 4 is 27.6 Å². The molecule has 0 atom stereocenters. The van der Waals surface area contributed by atoms with Gasteiger partial charge in [0.15, 0.2) is 0 Å². The van der Waals surface area contributed by atoms with Crippen LogP contribution in [0.2, 0.25) is 0 Å². The van der Waals surface area contributed by atoms with E-state index in [4.69, 9.17) is 4.74 Å². The molecule has 5 rings (SSSR count). The van der Waals surface area contributed by atoms with E-state index in [2.05, 4.69) is 63.0 Å². The molecule has 0 bridgehead atoms. The number of ether oxygens (including phenoxy) is 1. The van der Waals surface area contributed by atoms with Crippen molar-refractivity contribution < 1.29 is 14.6 Å². The summed E-state index contributed by atoms with van der Waals surface area (Å²) in [7, 11) is 0. The Bertz CT molecular complexity index is 1580. The molecule has 2 N–H and O–H groups in total. The van der Waals surface area contributed by atoms with E-state index < -0.39 is 5.97 Å². The number of aromatic carboxylic acids is 1. The van der Waals surface area contributed by atoms with Crippen molar-refractivity contribution in [3.8, 4) is 16.9 Å². The molecule has 0 spiro atoms. The van der Waals surface area contributed by atoms with Crippen LogP contribution in [0, 0.1) is 27.7 Å². The number of rotatable bonds is 7. The van der Waals surface area contributed by atoms with E-state index in [-0.39, 0.29) is 5.69 Å². The van der Waals surface area contributed by atoms with Gasteiger partial charge < -0.3 is 14.8 Å². The highest BCUT2D eigenvalue weighted by molar-refractivity contribution is 6.03. The third-order valence-corrected chi connectivity index (χ3v) is 7.37.